The fourth-order valence-corrected chi connectivity index (χ4v) is 3.92. The third kappa shape index (κ3) is 3.91. The second-order valence-corrected chi connectivity index (χ2v) is 7.91. The Morgan fingerprint density at radius 2 is 2.14 bits per heavy atom. The lowest BCUT2D eigenvalue weighted by molar-refractivity contribution is 0.0775. The van der Waals surface area contributed by atoms with Crippen LogP contribution in [0.1, 0.15) is 60.1 Å². The van der Waals surface area contributed by atoms with Gasteiger partial charge in [-0.15, -0.1) is 11.3 Å². The molecule has 0 spiro atoms. The number of nitrogens with zero attached hydrogens (tertiary/aromatic N) is 2. The predicted molar refractivity (Wildman–Crippen MR) is 109 cm³/mol. The summed E-state index contributed by atoms with van der Waals surface area (Å²) in [5.41, 5.74) is 0.314. The molecule has 0 aromatic carbocycles. The number of nitrogens with one attached hydrogen (secondary N) is 1. The van der Waals surface area contributed by atoms with Crippen LogP contribution in [0.5, 0.6) is 0 Å². The number of aromatic amines is 1. The standard InChI is InChI=1S/C20H23N3O4S/c1-5-6-11(2)14-9-12(3)16(20(26)27-14)19(25)23(4)10-15-21-13-7-8-28-17(13)18(24)22-15/h7-9,11H,5-6,10H2,1-4H3,(H,21,22,24). The molecule has 0 saturated heterocycles. The molecule has 3 aromatic rings. The highest BCUT2D eigenvalue weighted by Crippen LogP contribution is 2.21. The number of aryl methyl sites for hydroxylation is 1. The fraction of sp³-hybridized carbons (Fsp3) is 0.400. The van der Waals surface area contributed by atoms with E-state index in [9.17, 15) is 14.4 Å². The predicted octanol–water partition coefficient (Wildman–Crippen LogP) is 3.42. The van der Waals surface area contributed by atoms with Gasteiger partial charge in [0.15, 0.2) is 0 Å². The van der Waals surface area contributed by atoms with E-state index in [1.807, 2.05) is 6.92 Å². The Balaban J connectivity index is 1.86. The Morgan fingerprint density at radius 3 is 2.82 bits per heavy atom. The topological polar surface area (TPSA) is 96.3 Å². The minimum absolute atomic E-state index is 0.00825. The summed E-state index contributed by atoms with van der Waals surface area (Å²) in [6, 6.07) is 3.52. The number of fused-ring (bicyclic) bond motifs is 1. The average molecular weight is 401 g/mol. The van der Waals surface area contributed by atoms with Gasteiger partial charge in [0, 0.05) is 13.0 Å². The lowest BCUT2D eigenvalue weighted by atomic mass is 10.0. The number of carbonyl (C=O) groups excluding carboxylic acids is 1. The summed E-state index contributed by atoms with van der Waals surface area (Å²) in [6.07, 6.45) is 1.88. The average Bonchev–Trinajstić information content (AvgIpc) is 3.10. The van der Waals surface area contributed by atoms with Crippen LogP contribution in [0.15, 0.2) is 31.5 Å². The van der Waals surface area contributed by atoms with Gasteiger partial charge in [0.05, 0.1) is 12.1 Å². The molecule has 1 atom stereocenters. The monoisotopic (exact) mass is 401 g/mol. The largest absolute Gasteiger partial charge is 0.427 e. The molecule has 3 rings (SSSR count). The van der Waals surface area contributed by atoms with Crippen molar-refractivity contribution in [2.45, 2.75) is 46.1 Å². The van der Waals surface area contributed by atoms with E-state index in [-0.39, 0.29) is 23.6 Å². The highest BCUT2D eigenvalue weighted by atomic mass is 32.1. The highest BCUT2D eigenvalue weighted by molar-refractivity contribution is 7.17. The first-order valence-corrected chi connectivity index (χ1v) is 10.1. The number of rotatable bonds is 6. The number of hydrogen-bond donors (Lipinski definition) is 1. The summed E-state index contributed by atoms with van der Waals surface area (Å²) >= 11 is 1.32. The van der Waals surface area contributed by atoms with Crippen molar-refractivity contribution < 1.29 is 9.21 Å². The van der Waals surface area contributed by atoms with Crippen LogP contribution >= 0.6 is 11.3 Å². The Labute approximate surface area is 166 Å². The van der Waals surface area contributed by atoms with Crippen molar-refractivity contribution in [3.8, 4) is 0 Å². The van der Waals surface area contributed by atoms with Crippen molar-refractivity contribution in [1.29, 1.82) is 0 Å². The van der Waals surface area contributed by atoms with Crippen LogP contribution in [0, 0.1) is 6.92 Å². The maximum atomic E-state index is 12.8. The summed E-state index contributed by atoms with van der Waals surface area (Å²) in [5, 5.41) is 1.79. The zero-order valence-corrected chi connectivity index (χ0v) is 17.2. The Hall–Kier alpha value is -2.74. The molecule has 0 bridgehead atoms. The summed E-state index contributed by atoms with van der Waals surface area (Å²) in [6.45, 7) is 5.88. The van der Waals surface area contributed by atoms with Gasteiger partial charge < -0.3 is 14.3 Å². The molecule has 28 heavy (non-hydrogen) atoms. The number of aromatic nitrogens is 2. The van der Waals surface area contributed by atoms with Crippen molar-refractivity contribution in [3.05, 3.63) is 61.0 Å². The minimum Gasteiger partial charge on any atom is -0.427 e. The molecule has 0 aliphatic carbocycles. The van der Waals surface area contributed by atoms with Gasteiger partial charge in [-0.3, -0.25) is 9.59 Å². The molecule has 1 amide bonds. The number of carbonyl (C=O) groups is 1. The molecule has 1 unspecified atom stereocenters. The fourth-order valence-electron chi connectivity index (χ4n) is 3.19. The smallest absolute Gasteiger partial charge is 0.349 e. The highest BCUT2D eigenvalue weighted by Gasteiger charge is 2.22. The van der Waals surface area contributed by atoms with Crippen molar-refractivity contribution in [2.75, 3.05) is 7.05 Å². The molecule has 0 fully saturated rings. The summed E-state index contributed by atoms with van der Waals surface area (Å²) in [5.74, 6) is 0.610. The van der Waals surface area contributed by atoms with Crippen LogP contribution in [0.25, 0.3) is 10.2 Å². The molecule has 0 radical (unpaired) electrons. The summed E-state index contributed by atoms with van der Waals surface area (Å²) < 4.78 is 5.96. The number of H-pyrrole nitrogens is 1. The SMILES string of the molecule is CCCC(C)c1cc(C)c(C(=O)N(C)Cc2nc3ccsc3c(=O)[nH]2)c(=O)o1. The molecule has 0 aliphatic heterocycles. The van der Waals surface area contributed by atoms with Crippen LogP contribution in [-0.2, 0) is 6.54 Å². The van der Waals surface area contributed by atoms with E-state index in [1.54, 1.807) is 31.5 Å². The van der Waals surface area contributed by atoms with E-state index in [0.29, 0.717) is 27.4 Å². The van der Waals surface area contributed by atoms with Crippen molar-refractivity contribution in [2.24, 2.45) is 0 Å². The van der Waals surface area contributed by atoms with E-state index in [0.717, 1.165) is 12.8 Å². The van der Waals surface area contributed by atoms with Gasteiger partial charge in [-0.2, -0.15) is 0 Å². The van der Waals surface area contributed by atoms with Gasteiger partial charge in [-0.1, -0.05) is 20.3 Å². The maximum Gasteiger partial charge on any atom is 0.349 e. The molecule has 8 heteroatoms. The molecule has 0 aliphatic rings. The Bertz CT molecular complexity index is 1130. The minimum atomic E-state index is -0.635. The van der Waals surface area contributed by atoms with E-state index in [2.05, 4.69) is 16.9 Å². The molecule has 3 aromatic heterocycles. The number of amides is 1. The maximum absolute atomic E-state index is 12.8. The first kappa shape index (κ1) is 20.0. The number of hydrogen-bond acceptors (Lipinski definition) is 6. The zero-order chi connectivity index (χ0) is 20.4. The third-order valence-corrected chi connectivity index (χ3v) is 5.59. The van der Waals surface area contributed by atoms with Gasteiger partial charge in [0.1, 0.15) is 21.8 Å². The molecular formula is C20H23N3O4S. The first-order valence-electron chi connectivity index (χ1n) is 9.18. The van der Waals surface area contributed by atoms with Crippen molar-refractivity contribution >= 4 is 27.5 Å². The van der Waals surface area contributed by atoms with E-state index in [1.165, 1.54) is 16.2 Å². The molecule has 0 saturated carbocycles. The van der Waals surface area contributed by atoms with Gasteiger partial charge in [-0.25, -0.2) is 9.78 Å². The van der Waals surface area contributed by atoms with Crippen LogP contribution in [-0.4, -0.2) is 27.8 Å². The molecule has 148 valence electrons. The van der Waals surface area contributed by atoms with Gasteiger partial charge in [-0.05, 0) is 36.4 Å². The van der Waals surface area contributed by atoms with Gasteiger partial charge in [0.25, 0.3) is 11.5 Å². The van der Waals surface area contributed by atoms with Crippen LogP contribution in [0.4, 0.5) is 0 Å². The van der Waals surface area contributed by atoms with Crippen LogP contribution in [0.3, 0.4) is 0 Å². The Morgan fingerprint density at radius 1 is 1.39 bits per heavy atom. The van der Waals surface area contributed by atoms with Gasteiger partial charge in [0.2, 0.25) is 0 Å². The lowest BCUT2D eigenvalue weighted by Gasteiger charge is -2.18. The van der Waals surface area contributed by atoms with Crippen molar-refractivity contribution in [1.82, 2.24) is 14.9 Å². The number of thiophene rings is 1. The van der Waals surface area contributed by atoms with Crippen LogP contribution < -0.4 is 11.2 Å². The van der Waals surface area contributed by atoms with E-state index < -0.39 is 11.5 Å². The first-order chi connectivity index (χ1) is 13.3. The van der Waals surface area contributed by atoms with E-state index in [4.69, 9.17) is 4.42 Å². The normalized spacial score (nSPS) is 12.3. The lowest BCUT2D eigenvalue weighted by Crippen LogP contribution is -2.32. The van der Waals surface area contributed by atoms with Crippen LogP contribution in [0.2, 0.25) is 0 Å². The second kappa shape index (κ2) is 8.10. The summed E-state index contributed by atoms with van der Waals surface area (Å²) in [7, 11) is 1.56. The Kier molecular flexibility index (Phi) is 5.79. The molecule has 7 nitrogen and oxygen atoms in total. The van der Waals surface area contributed by atoms with E-state index >= 15 is 0 Å². The summed E-state index contributed by atoms with van der Waals surface area (Å²) in [4.78, 5) is 45.8. The second-order valence-electron chi connectivity index (χ2n) is 6.99. The van der Waals surface area contributed by atoms with Gasteiger partial charge >= 0.3 is 5.63 Å². The molecule has 1 N–H and O–H groups in total. The quantitative estimate of drug-likeness (QED) is 0.683. The molecule has 3 heterocycles. The molecular weight excluding hydrogens is 378 g/mol. The third-order valence-electron chi connectivity index (χ3n) is 4.69. The zero-order valence-electron chi connectivity index (χ0n) is 16.4. The van der Waals surface area contributed by atoms with Crippen molar-refractivity contribution in [3.63, 3.8) is 0 Å².